The summed E-state index contributed by atoms with van der Waals surface area (Å²) in [5.41, 5.74) is -0.263. The molecule has 6 nitrogen and oxygen atoms in total. The number of hydrogen-bond acceptors (Lipinski definition) is 5. The van der Waals surface area contributed by atoms with Crippen LogP contribution in [0.3, 0.4) is 0 Å². The average molecular weight is 406 g/mol. The molecule has 1 amide bonds. The van der Waals surface area contributed by atoms with Crippen LogP contribution in [0.15, 0.2) is 47.0 Å². The lowest BCUT2D eigenvalue weighted by Crippen LogP contribution is -2.30. The number of carbonyl (C=O) groups excluding carboxylic acids is 1. The van der Waals surface area contributed by atoms with Gasteiger partial charge in [-0.2, -0.15) is 13.2 Å². The number of furan rings is 1. The summed E-state index contributed by atoms with van der Waals surface area (Å²) in [5.74, 6) is 0.421. The molecular formula is C20H17F3N2O4. The largest absolute Gasteiger partial charge is 0.497 e. The van der Waals surface area contributed by atoms with Gasteiger partial charge in [0.05, 0.1) is 19.2 Å². The lowest BCUT2D eigenvalue weighted by Gasteiger charge is -2.16. The number of aromatic nitrogens is 1. The number of ether oxygens (including phenoxy) is 2. The van der Waals surface area contributed by atoms with Crippen LogP contribution in [0.5, 0.6) is 11.6 Å². The van der Waals surface area contributed by atoms with E-state index >= 15 is 0 Å². The summed E-state index contributed by atoms with van der Waals surface area (Å²) in [7, 11) is 1.55. The van der Waals surface area contributed by atoms with Gasteiger partial charge in [-0.3, -0.25) is 4.79 Å². The fourth-order valence-corrected chi connectivity index (χ4v) is 3.24. The monoisotopic (exact) mass is 406 g/mol. The Balaban J connectivity index is 1.44. The summed E-state index contributed by atoms with van der Waals surface area (Å²) in [6, 6.07) is 8.61. The molecule has 9 heteroatoms. The van der Waals surface area contributed by atoms with E-state index in [1.807, 2.05) is 0 Å². The van der Waals surface area contributed by atoms with Gasteiger partial charge in [0.1, 0.15) is 17.4 Å². The molecule has 29 heavy (non-hydrogen) atoms. The Morgan fingerprint density at radius 3 is 2.83 bits per heavy atom. The first kappa shape index (κ1) is 19.1. The number of pyridine rings is 1. The van der Waals surface area contributed by atoms with E-state index < -0.39 is 17.8 Å². The van der Waals surface area contributed by atoms with Gasteiger partial charge in [-0.15, -0.1) is 0 Å². The molecule has 0 aliphatic carbocycles. The van der Waals surface area contributed by atoms with Crippen LogP contribution in [-0.4, -0.2) is 42.1 Å². The Kier molecular flexibility index (Phi) is 4.81. The summed E-state index contributed by atoms with van der Waals surface area (Å²) < 4.78 is 54.8. The summed E-state index contributed by atoms with van der Waals surface area (Å²) >= 11 is 0. The summed E-state index contributed by atoms with van der Waals surface area (Å²) in [4.78, 5) is 18.1. The smallest absolute Gasteiger partial charge is 0.416 e. The van der Waals surface area contributed by atoms with Crippen molar-refractivity contribution in [1.29, 1.82) is 0 Å². The third kappa shape index (κ3) is 3.98. The van der Waals surface area contributed by atoms with E-state index in [2.05, 4.69) is 4.98 Å². The first-order valence-corrected chi connectivity index (χ1v) is 8.90. The van der Waals surface area contributed by atoms with E-state index in [-0.39, 0.29) is 24.1 Å². The number of carbonyl (C=O) groups is 1. The number of nitrogens with zero attached hydrogens (tertiary/aromatic N) is 2. The third-order valence-electron chi connectivity index (χ3n) is 4.72. The first-order chi connectivity index (χ1) is 13.8. The van der Waals surface area contributed by atoms with Crippen molar-refractivity contribution in [3.8, 4) is 11.6 Å². The lowest BCUT2D eigenvalue weighted by atomic mass is 10.2. The zero-order valence-corrected chi connectivity index (χ0v) is 15.4. The molecule has 1 unspecified atom stereocenters. The minimum Gasteiger partial charge on any atom is -0.497 e. The predicted molar refractivity (Wildman–Crippen MR) is 96.9 cm³/mol. The number of halogens is 3. The number of fused-ring (bicyclic) bond motifs is 1. The van der Waals surface area contributed by atoms with Gasteiger partial charge in [-0.1, -0.05) is 0 Å². The Hall–Kier alpha value is -3.23. The maximum atomic E-state index is 12.8. The molecule has 0 bridgehead atoms. The Labute approximate surface area is 163 Å². The van der Waals surface area contributed by atoms with Gasteiger partial charge in [0.15, 0.2) is 5.76 Å². The van der Waals surface area contributed by atoms with E-state index in [4.69, 9.17) is 13.9 Å². The summed E-state index contributed by atoms with van der Waals surface area (Å²) in [6.45, 7) is 0.639. The highest BCUT2D eigenvalue weighted by molar-refractivity contribution is 5.96. The fourth-order valence-electron chi connectivity index (χ4n) is 3.24. The molecule has 4 rings (SSSR count). The van der Waals surface area contributed by atoms with Crippen molar-refractivity contribution in [2.75, 3.05) is 20.2 Å². The van der Waals surface area contributed by atoms with Crippen LogP contribution in [0.4, 0.5) is 13.2 Å². The fraction of sp³-hybridized carbons (Fsp3) is 0.300. The molecule has 1 fully saturated rings. The second kappa shape index (κ2) is 7.31. The number of benzene rings is 1. The van der Waals surface area contributed by atoms with Crippen LogP contribution in [0.2, 0.25) is 0 Å². The topological polar surface area (TPSA) is 64.8 Å². The molecule has 1 atom stereocenters. The SMILES string of the molecule is COc1ccc2oc(C(=O)N3CCC(Oc4cc(C(F)(F)F)ccn4)C3)cc2c1. The number of alkyl halides is 3. The highest BCUT2D eigenvalue weighted by Crippen LogP contribution is 2.31. The minimum atomic E-state index is -4.47. The second-order valence-corrected chi connectivity index (χ2v) is 6.67. The predicted octanol–water partition coefficient (Wildman–Crippen LogP) is 4.15. The maximum absolute atomic E-state index is 12.8. The molecular weight excluding hydrogens is 389 g/mol. The number of likely N-dealkylation sites (tertiary alicyclic amines) is 1. The molecule has 152 valence electrons. The maximum Gasteiger partial charge on any atom is 0.416 e. The van der Waals surface area contributed by atoms with Gasteiger partial charge < -0.3 is 18.8 Å². The number of rotatable bonds is 4. The first-order valence-electron chi connectivity index (χ1n) is 8.90. The van der Waals surface area contributed by atoms with Gasteiger partial charge in [0.2, 0.25) is 5.88 Å². The van der Waals surface area contributed by atoms with Crippen LogP contribution >= 0.6 is 0 Å². The van der Waals surface area contributed by atoms with Gasteiger partial charge in [-0.25, -0.2) is 4.98 Å². The summed E-state index contributed by atoms with van der Waals surface area (Å²) in [6.07, 6.45) is -3.38. The highest BCUT2D eigenvalue weighted by Gasteiger charge is 2.33. The third-order valence-corrected chi connectivity index (χ3v) is 4.72. The van der Waals surface area contributed by atoms with Gasteiger partial charge >= 0.3 is 6.18 Å². The van der Waals surface area contributed by atoms with Crippen LogP contribution in [0, 0.1) is 0 Å². The molecule has 1 aliphatic rings. The molecule has 1 aromatic carbocycles. The summed E-state index contributed by atoms with van der Waals surface area (Å²) in [5, 5.41) is 0.743. The molecule has 0 spiro atoms. The molecule has 3 heterocycles. The Bertz CT molecular complexity index is 1050. The highest BCUT2D eigenvalue weighted by atomic mass is 19.4. The van der Waals surface area contributed by atoms with Crippen LogP contribution in [-0.2, 0) is 6.18 Å². The van der Waals surface area contributed by atoms with Crippen molar-refractivity contribution in [3.63, 3.8) is 0 Å². The van der Waals surface area contributed by atoms with Crippen molar-refractivity contribution in [3.05, 3.63) is 53.9 Å². The van der Waals surface area contributed by atoms with E-state index in [1.165, 1.54) is 0 Å². The molecule has 3 aromatic rings. The normalized spacial score (nSPS) is 17.0. The van der Waals surface area contributed by atoms with Crippen LogP contribution in [0.1, 0.15) is 22.5 Å². The van der Waals surface area contributed by atoms with Crippen molar-refractivity contribution < 1.29 is 31.9 Å². The zero-order chi connectivity index (χ0) is 20.6. The minimum absolute atomic E-state index is 0.116. The molecule has 2 aromatic heterocycles. The van der Waals surface area contributed by atoms with Crippen molar-refractivity contribution in [2.24, 2.45) is 0 Å². The molecule has 0 N–H and O–H groups in total. The number of hydrogen-bond donors (Lipinski definition) is 0. The van der Waals surface area contributed by atoms with Gasteiger partial charge in [-0.05, 0) is 30.3 Å². The van der Waals surface area contributed by atoms with E-state index in [0.717, 1.165) is 23.7 Å². The van der Waals surface area contributed by atoms with Gasteiger partial charge in [0, 0.05) is 30.6 Å². The van der Waals surface area contributed by atoms with E-state index in [1.54, 1.807) is 36.3 Å². The van der Waals surface area contributed by atoms with E-state index in [0.29, 0.717) is 24.3 Å². The van der Waals surface area contributed by atoms with Gasteiger partial charge in [0.25, 0.3) is 5.91 Å². The zero-order valence-electron chi connectivity index (χ0n) is 15.4. The quantitative estimate of drug-likeness (QED) is 0.651. The Morgan fingerprint density at radius 2 is 2.07 bits per heavy atom. The van der Waals surface area contributed by atoms with Crippen LogP contribution in [0.25, 0.3) is 11.0 Å². The molecule has 0 radical (unpaired) electrons. The molecule has 0 saturated carbocycles. The average Bonchev–Trinajstić information content (AvgIpc) is 3.33. The standard InChI is InChI=1S/C20H17F3N2O4/c1-27-14-2-3-16-12(8-14)9-17(29-16)19(26)25-7-5-15(11-25)28-18-10-13(4-6-24-18)20(21,22)23/h2-4,6,8-10,15H,5,7,11H2,1H3. The molecule has 1 saturated heterocycles. The van der Waals surface area contributed by atoms with Crippen LogP contribution < -0.4 is 9.47 Å². The van der Waals surface area contributed by atoms with Crippen molar-refractivity contribution in [2.45, 2.75) is 18.7 Å². The van der Waals surface area contributed by atoms with Crippen molar-refractivity contribution >= 4 is 16.9 Å². The van der Waals surface area contributed by atoms with E-state index in [9.17, 15) is 18.0 Å². The molecule has 1 aliphatic heterocycles. The second-order valence-electron chi connectivity index (χ2n) is 6.67. The number of methoxy groups -OCH3 is 1. The number of amides is 1. The lowest BCUT2D eigenvalue weighted by molar-refractivity contribution is -0.137. The van der Waals surface area contributed by atoms with Crippen molar-refractivity contribution in [1.82, 2.24) is 9.88 Å². The Morgan fingerprint density at radius 1 is 1.24 bits per heavy atom.